The topological polar surface area (TPSA) is 30.0 Å². The molecule has 0 bridgehead atoms. The van der Waals surface area contributed by atoms with Gasteiger partial charge >= 0.3 is 0 Å². The average Bonchev–Trinajstić information content (AvgIpc) is 2.32. The fraction of sp³-hybridized carbons (Fsp3) is 0.143. The van der Waals surface area contributed by atoms with Crippen LogP contribution >= 0.6 is 11.6 Å². The summed E-state index contributed by atoms with van der Waals surface area (Å²) in [6, 6.07) is 8.87. The largest absolute Gasteiger partial charge is 0.289 e. The molecule has 0 aliphatic rings. The fourth-order valence-electron chi connectivity index (χ4n) is 1.61. The maximum atomic E-state index is 12.2. The van der Waals surface area contributed by atoms with Crippen molar-refractivity contribution in [1.29, 1.82) is 0 Å². The predicted octanol–water partition coefficient (Wildman–Crippen LogP) is 3.58. The molecule has 0 atom stereocenters. The lowest BCUT2D eigenvalue weighted by Crippen LogP contribution is -2.04. The molecule has 0 unspecified atom stereocenters. The molecule has 0 radical (unpaired) electrons. The van der Waals surface area contributed by atoms with E-state index in [1.807, 2.05) is 19.9 Å². The minimum atomic E-state index is -0.0440. The van der Waals surface area contributed by atoms with Crippen molar-refractivity contribution < 1.29 is 4.79 Å². The Morgan fingerprint density at radius 1 is 1.24 bits per heavy atom. The van der Waals surface area contributed by atoms with Crippen molar-refractivity contribution in [1.82, 2.24) is 4.98 Å². The number of ketones is 1. The van der Waals surface area contributed by atoms with Gasteiger partial charge in [-0.05, 0) is 37.6 Å². The number of carbonyl (C=O) groups excluding carboxylic acids is 1. The van der Waals surface area contributed by atoms with Gasteiger partial charge in [0.15, 0.2) is 5.78 Å². The molecule has 0 saturated carbocycles. The van der Waals surface area contributed by atoms with Crippen LogP contribution in [0.15, 0.2) is 36.5 Å². The van der Waals surface area contributed by atoms with Gasteiger partial charge in [-0.25, -0.2) is 0 Å². The summed E-state index contributed by atoms with van der Waals surface area (Å²) < 4.78 is 0. The summed E-state index contributed by atoms with van der Waals surface area (Å²) in [4.78, 5) is 16.3. The van der Waals surface area contributed by atoms with Gasteiger partial charge in [0.25, 0.3) is 0 Å². The maximum Gasteiger partial charge on any atom is 0.194 e. The lowest BCUT2D eigenvalue weighted by Gasteiger charge is -2.05. The third-order valence-electron chi connectivity index (χ3n) is 2.69. The molecular weight excluding hydrogens is 234 g/mol. The molecule has 1 aromatic carbocycles. The van der Waals surface area contributed by atoms with Crippen LogP contribution in [0.3, 0.4) is 0 Å². The molecule has 0 fully saturated rings. The Morgan fingerprint density at radius 3 is 2.65 bits per heavy atom. The minimum Gasteiger partial charge on any atom is -0.289 e. The normalized spacial score (nSPS) is 10.3. The lowest BCUT2D eigenvalue weighted by molar-refractivity contribution is 0.103. The molecule has 2 rings (SSSR count). The number of carbonyl (C=O) groups is 1. The molecule has 17 heavy (non-hydrogen) atoms. The van der Waals surface area contributed by atoms with Crippen molar-refractivity contribution in [2.45, 2.75) is 13.8 Å². The van der Waals surface area contributed by atoms with Crippen LogP contribution in [0.4, 0.5) is 0 Å². The Balaban J connectivity index is 2.44. The van der Waals surface area contributed by atoms with E-state index >= 15 is 0 Å². The van der Waals surface area contributed by atoms with E-state index in [9.17, 15) is 4.79 Å². The summed E-state index contributed by atoms with van der Waals surface area (Å²) in [5.74, 6) is -0.0440. The van der Waals surface area contributed by atoms with Gasteiger partial charge in [0.2, 0.25) is 0 Å². The molecule has 1 aromatic heterocycles. The monoisotopic (exact) mass is 245 g/mol. The standard InChI is InChI=1S/C14H12ClNO/c1-9-5-6-11(8-13(9)15)14(17)12-4-3-7-16-10(12)2/h3-8H,1-2H3. The predicted molar refractivity (Wildman–Crippen MR) is 68.6 cm³/mol. The number of aromatic nitrogens is 1. The molecule has 86 valence electrons. The summed E-state index contributed by atoms with van der Waals surface area (Å²) in [7, 11) is 0. The molecule has 0 aliphatic carbocycles. The second-order valence-corrected chi connectivity index (χ2v) is 4.34. The van der Waals surface area contributed by atoms with Gasteiger partial charge < -0.3 is 0 Å². The Labute approximate surface area is 105 Å². The Morgan fingerprint density at radius 2 is 2.00 bits per heavy atom. The van der Waals surface area contributed by atoms with Gasteiger partial charge in [-0.2, -0.15) is 0 Å². The zero-order valence-electron chi connectivity index (χ0n) is 9.70. The van der Waals surface area contributed by atoms with E-state index in [1.165, 1.54) is 0 Å². The highest BCUT2D eigenvalue weighted by molar-refractivity contribution is 6.31. The number of aryl methyl sites for hydroxylation is 2. The third-order valence-corrected chi connectivity index (χ3v) is 3.09. The molecule has 2 nitrogen and oxygen atoms in total. The Bertz CT molecular complexity index is 578. The van der Waals surface area contributed by atoms with Crippen LogP contribution in [-0.2, 0) is 0 Å². The molecule has 0 saturated heterocycles. The first-order chi connectivity index (χ1) is 8.09. The maximum absolute atomic E-state index is 12.2. The van der Waals surface area contributed by atoms with Crippen LogP contribution in [0.25, 0.3) is 0 Å². The zero-order chi connectivity index (χ0) is 12.4. The van der Waals surface area contributed by atoms with Crippen molar-refractivity contribution >= 4 is 17.4 Å². The van der Waals surface area contributed by atoms with E-state index < -0.39 is 0 Å². The molecule has 3 heteroatoms. The number of benzene rings is 1. The first-order valence-corrected chi connectivity index (χ1v) is 5.70. The fourth-order valence-corrected chi connectivity index (χ4v) is 1.79. The van der Waals surface area contributed by atoms with Crippen LogP contribution in [0.2, 0.25) is 5.02 Å². The second kappa shape index (κ2) is 4.68. The summed E-state index contributed by atoms with van der Waals surface area (Å²) >= 11 is 6.02. The van der Waals surface area contributed by atoms with Gasteiger partial charge in [-0.3, -0.25) is 9.78 Å². The molecule has 0 N–H and O–H groups in total. The molecular formula is C14H12ClNO. The van der Waals surface area contributed by atoms with Crippen LogP contribution in [-0.4, -0.2) is 10.8 Å². The van der Waals surface area contributed by atoms with E-state index in [0.717, 1.165) is 11.3 Å². The number of rotatable bonds is 2. The minimum absolute atomic E-state index is 0.0440. The van der Waals surface area contributed by atoms with Crippen molar-refractivity contribution in [3.8, 4) is 0 Å². The van der Waals surface area contributed by atoms with Gasteiger partial charge in [0.1, 0.15) is 0 Å². The highest BCUT2D eigenvalue weighted by atomic mass is 35.5. The Kier molecular flexibility index (Phi) is 3.25. The second-order valence-electron chi connectivity index (χ2n) is 3.93. The van der Waals surface area contributed by atoms with E-state index in [-0.39, 0.29) is 5.78 Å². The van der Waals surface area contributed by atoms with Crippen molar-refractivity contribution in [3.63, 3.8) is 0 Å². The number of pyridine rings is 1. The summed E-state index contributed by atoms with van der Waals surface area (Å²) in [5.41, 5.74) is 2.91. The van der Waals surface area contributed by atoms with Crippen LogP contribution in [0, 0.1) is 13.8 Å². The van der Waals surface area contributed by atoms with Crippen molar-refractivity contribution in [2.75, 3.05) is 0 Å². The summed E-state index contributed by atoms with van der Waals surface area (Å²) in [6.45, 7) is 3.73. The molecule has 0 spiro atoms. The van der Waals surface area contributed by atoms with Crippen LogP contribution in [0.5, 0.6) is 0 Å². The van der Waals surface area contributed by atoms with Gasteiger partial charge in [-0.1, -0.05) is 23.7 Å². The van der Waals surface area contributed by atoms with Gasteiger partial charge in [0, 0.05) is 28.0 Å². The quantitative estimate of drug-likeness (QED) is 0.757. The third kappa shape index (κ3) is 2.37. The zero-order valence-corrected chi connectivity index (χ0v) is 10.5. The SMILES string of the molecule is Cc1ccc(C(=O)c2cccnc2C)cc1Cl. The van der Waals surface area contributed by atoms with E-state index in [1.54, 1.807) is 30.5 Å². The van der Waals surface area contributed by atoms with E-state index in [2.05, 4.69) is 4.98 Å². The van der Waals surface area contributed by atoms with Crippen molar-refractivity contribution in [2.24, 2.45) is 0 Å². The smallest absolute Gasteiger partial charge is 0.194 e. The number of hydrogen-bond donors (Lipinski definition) is 0. The van der Waals surface area contributed by atoms with Crippen LogP contribution < -0.4 is 0 Å². The highest BCUT2D eigenvalue weighted by Gasteiger charge is 2.12. The van der Waals surface area contributed by atoms with Gasteiger partial charge in [-0.15, -0.1) is 0 Å². The summed E-state index contributed by atoms with van der Waals surface area (Å²) in [5, 5.41) is 0.609. The van der Waals surface area contributed by atoms with E-state index in [0.29, 0.717) is 16.1 Å². The molecule has 2 aromatic rings. The molecule has 1 heterocycles. The summed E-state index contributed by atoms with van der Waals surface area (Å²) in [6.07, 6.45) is 1.67. The lowest BCUT2D eigenvalue weighted by atomic mass is 10.0. The van der Waals surface area contributed by atoms with E-state index in [4.69, 9.17) is 11.6 Å². The van der Waals surface area contributed by atoms with Crippen molar-refractivity contribution in [3.05, 3.63) is 63.9 Å². The Hall–Kier alpha value is -1.67. The average molecular weight is 246 g/mol. The number of halogens is 1. The first-order valence-electron chi connectivity index (χ1n) is 5.32. The van der Waals surface area contributed by atoms with Crippen LogP contribution in [0.1, 0.15) is 27.2 Å². The number of hydrogen-bond acceptors (Lipinski definition) is 2. The molecule has 0 amide bonds. The van der Waals surface area contributed by atoms with Gasteiger partial charge in [0.05, 0.1) is 0 Å². The highest BCUT2D eigenvalue weighted by Crippen LogP contribution is 2.19. The first kappa shape index (κ1) is 11.8. The number of nitrogens with zero attached hydrogens (tertiary/aromatic N) is 1. The molecule has 0 aliphatic heterocycles.